The summed E-state index contributed by atoms with van der Waals surface area (Å²) in [6.45, 7) is 6.00. The van der Waals surface area contributed by atoms with Crippen LogP contribution in [0.25, 0.3) is 0 Å². The summed E-state index contributed by atoms with van der Waals surface area (Å²) in [5, 5.41) is 3.14. The molecule has 2 nitrogen and oxygen atoms in total. The second-order valence-corrected chi connectivity index (χ2v) is 5.13. The van der Waals surface area contributed by atoms with Crippen LogP contribution in [0, 0.1) is 6.92 Å². The zero-order valence-electron chi connectivity index (χ0n) is 13.0. The van der Waals surface area contributed by atoms with Gasteiger partial charge in [0.15, 0.2) is 0 Å². The molecule has 2 aromatic rings. The summed E-state index contributed by atoms with van der Waals surface area (Å²) in [5.41, 5.74) is 4.48. The Morgan fingerprint density at radius 2 is 1.86 bits per heavy atom. The molecule has 0 saturated heterocycles. The standard InChI is InChI=1S/C17H17NO.C2H6/c1-12-5-4-7-14(11-12)17(19)18-16-10-9-13-6-2-3-8-15(13)16;1-2/h2-8,11,16H,9-10H2,1H3,(H,18,19);1-2H3. The number of nitrogens with one attached hydrogen (secondary N) is 1. The third-order valence-corrected chi connectivity index (χ3v) is 3.72. The molecular weight excluding hydrogens is 258 g/mol. The molecule has 110 valence electrons. The molecule has 0 saturated carbocycles. The van der Waals surface area contributed by atoms with Gasteiger partial charge in [-0.2, -0.15) is 0 Å². The van der Waals surface area contributed by atoms with E-state index in [1.807, 2.05) is 51.1 Å². The van der Waals surface area contributed by atoms with Crippen LogP contribution in [0.15, 0.2) is 48.5 Å². The maximum absolute atomic E-state index is 12.3. The van der Waals surface area contributed by atoms with Gasteiger partial charge in [-0.25, -0.2) is 0 Å². The topological polar surface area (TPSA) is 29.1 Å². The molecule has 0 heterocycles. The molecule has 3 rings (SSSR count). The lowest BCUT2D eigenvalue weighted by Crippen LogP contribution is -2.27. The van der Waals surface area contributed by atoms with Crippen molar-refractivity contribution in [3.05, 3.63) is 70.8 Å². The molecule has 2 aromatic carbocycles. The van der Waals surface area contributed by atoms with Crippen LogP contribution in [0.2, 0.25) is 0 Å². The Morgan fingerprint density at radius 1 is 1.10 bits per heavy atom. The van der Waals surface area contributed by atoms with E-state index in [1.54, 1.807) is 0 Å². The first-order chi connectivity index (χ1) is 10.2. The van der Waals surface area contributed by atoms with Crippen molar-refractivity contribution in [1.82, 2.24) is 5.32 Å². The van der Waals surface area contributed by atoms with Crippen LogP contribution < -0.4 is 5.32 Å². The Morgan fingerprint density at radius 3 is 2.62 bits per heavy atom. The second kappa shape index (κ2) is 7.07. The third kappa shape index (κ3) is 3.52. The lowest BCUT2D eigenvalue weighted by Gasteiger charge is -2.14. The van der Waals surface area contributed by atoms with E-state index in [0.717, 1.165) is 24.0 Å². The second-order valence-electron chi connectivity index (χ2n) is 5.13. The molecular formula is C19H23NO. The minimum Gasteiger partial charge on any atom is -0.345 e. The van der Waals surface area contributed by atoms with Crippen molar-refractivity contribution in [1.29, 1.82) is 0 Å². The van der Waals surface area contributed by atoms with E-state index in [9.17, 15) is 4.79 Å². The van der Waals surface area contributed by atoms with Crippen LogP contribution in [0.3, 0.4) is 0 Å². The number of rotatable bonds is 2. The Balaban J connectivity index is 0.000000774. The first-order valence-electron chi connectivity index (χ1n) is 7.69. The first kappa shape index (κ1) is 15.3. The van der Waals surface area contributed by atoms with E-state index in [4.69, 9.17) is 0 Å². The van der Waals surface area contributed by atoms with Gasteiger partial charge in [0.05, 0.1) is 6.04 Å². The summed E-state index contributed by atoms with van der Waals surface area (Å²) in [4.78, 5) is 12.3. The van der Waals surface area contributed by atoms with E-state index in [0.29, 0.717) is 0 Å². The number of carbonyl (C=O) groups is 1. The molecule has 0 aliphatic heterocycles. The lowest BCUT2D eigenvalue weighted by molar-refractivity contribution is 0.0936. The third-order valence-electron chi connectivity index (χ3n) is 3.72. The lowest BCUT2D eigenvalue weighted by atomic mass is 10.1. The first-order valence-corrected chi connectivity index (χ1v) is 7.69. The molecule has 0 radical (unpaired) electrons. The minimum absolute atomic E-state index is 0.0189. The summed E-state index contributed by atoms with van der Waals surface area (Å²) >= 11 is 0. The smallest absolute Gasteiger partial charge is 0.251 e. The number of amides is 1. The number of fused-ring (bicyclic) bond motifs is 1. The van der Waals surface area contributed by atoms with Crippen LogP contribution >= 0.6 is 0 Å². The largest absolute Gasteiger partial charge is 0.345 e. The Labute approximate surface area is 127 Å². The van der Waals surface area contributed by atoms with Crippen molar-refractivity contribution in [3.63, 3.8) is 0 Å². The molecule has 21 heavy (non-hydrogen) atoms. The van der Waals surface area contributed by atoms with Gasteiger partial charge >= 0.3 is 0 Å². The van der Waals surface area contributed by atoms with Gasteiger partial charge in [0.2, 0.25) is 0 Å². The molecule has 1 aliphatic carbocycles. The van der Waals surface area contributed by atoms with E-state index < -0.39 is 0 Å². The quantitative estimate of drug-likeness (QED) is 0.866. The molecule has 1 N–H and O–H groups in total. The van der Waals surface area contributed by atoms with E-state index in [1.165, 1.54) is 11.1 Å². The summed E-state index contributed by atoms with van der Waals surface area (Å²) in [5.74, 6) is 0.0189. The van der Waals surface area contributed by atoms with Crippen molar-refractivity contribution in [2.45, 2.75) is 39.7 Å². The normalized spacial score (nSPS) is 15.7. The fraction of sp³-hybridized carbons (Fsp3) is 0.316. The van der Waals surface area contributed by atoms with Crippen molar-refractivity contribution in [2.75, 3.05) is 0 Å². The van der Waals surface area contributed by atoms with Crippen LogP contribution in [0.5, 0.6) is 0 Å². The average Bonchev–Trinajstić information content (AvgIpc) is 2.93. The zero-order valence-corrected chi connectivity index (χ0v) is 13.0. The number of carbonyl (C=O) groups excluding carboxylic acids is 1. The zero-order chi connectivity index (χ0) is 15.2. The minimum atomic E-state index is 0.0189. The fourth-order valence-corrected chi connectivity index (χ4v) is 2.73. The van der Waals surface area contributed by atoms with Gasteiger partial charge in [-0.15, -0.1) is 0 Å². The van der Waals surface area contributed by atoms with Gasteiger partial charge in [-0.3, -0.25) is 4.79 Å². The van der Waals surface area contributed by atoms with E-state index >= 15 is 0 Å². The number of hydrogen-bond acceptors (Lipinski definition) is 1. The molecule has 1 aliphatic rings. The van der Waals surface area contributed by atoms with Gasteiger partial charge in [0.1, 0.15) is 0 Å². The Hall–Kier alpha value is -2.09. The van der Waals surface area contributed by atoms with Crippen molar-refractivity contribution in [2.24, 2.45) is 0 Å². The van der Waals surface area contributed by atoms with Crippen LogP contribution in [-0.2, 0) is 6.42 Å². The van der Waals surface area contributed by atoms with Crippen molar-refractivity contribution in [3.8, 4) is 0 Å². The van der Waals surface area contributed by atoms with Crippen molar-refractivity contribution >= 4 is 5.91 Å². The highest BCUT2D eigenvalue weighted by atomic mass is 16.1. The number of hydrogen-bond donors (Lipinski definition) is 1. The molecule has 1 amide bonds. The summed E-state index contributed by atoms with van der Waals surface area (Å²) in [6, 6.07) is 16.2. The molecule has 0 aromatic heterocycles. The molecule has 2 heteroatoms. The maximum Gasteiger partial charge on any atom is 0.251 e. The average molecular weight is 281 g/mol. The maximum atomic E-state index is 12.3. The highest BCUT2D eigenvalue weighted by molar-refractivity contribution is 5.94. The van der Waals surface area contributed by atoms with Crippen LogP contribution in [0.4, 0.5) is 0 Å². The molecule has 1 atom stereocenters. The Bertz CT molecular complexity index is 618. The molecule has 1 unspecified atom stereocenters. The molecule has 0 spiro atoms. The van der Waals surface area contributed by atoms with Gasteiger partial charge in [-0.1, -0.05) is 55.8 Å². The van der Waals surface area contributed by atoms with Gasteiger partial charge in [0, 0.05) is 5.56 Å². The van der Waals surface area contributed by atoms with Gasteiger partial charge in [0.25, 0.3) is 5.91 Å². The van der Waals surface area contributed by atoms with Gasteiger partial charge < -0.3 is 5.32 Å². The monoisotopic (exact) mass is 281 g/mol. The highest BCUT2D eigenvalue weighted by Crippen LogP contribution is 2.30. The predicted octanol–water partition coefficient (Wildman–Crippen LogP) is 4.44. The number of aryl methyl sites for hydroxylation is 2. The molecule has 0 fully saturated rings. The fourth-order valence-electron chi connectivity index (χ4n) is 2.73. The molecule has 0 bridgehead atoms. The predicted molar refractivity (Wildman–Crippen MR) is 87.5 cm³/mol. The Kier molecular flexibility index (Phi) is 5.15. The van der Waals surface area contributed by atoms with E-state index in [-0.39, 0.29) is 11.9 Å². The van der Waals surface area contributed by atoms with Crippen LogP contribution in [0.1, 0.15) is 53.4 Å². The highest BCUT2D eigenvalue weighted by Gasteiger charge is 2.23. The van der Waals surface area contributed by atoms with Crippen molar-refractivity contribution < 1.29 is 4.79 Å². The van der Waals surface area contributed by atoms with Crippen LogP contribution in [-0.4, -0.2) is 5.91 Å². The summed E-state index contributed by atoms with van der Waals surface area (Å²) < 4.78 is 0. The summed E-state index contributed by atoms with van der Waals surface area (Å²) in [6.07, 6.45) is 2.05. The van der Waals surface area contributed by atoms with E-state index in [2.05, 4.69) is 23.5 Å². The summed E-state index contributed by atoms with van der Waals surface area (Å²) in [7, 11) is 0. The number of benzene rings is 2. The van der Waals surface area contributed by atoms with Gasteiger partial charge in [-0.05, 0) is 43.0 Å². The SMILES string of the molecule is CC.Cc1cccc(C(=O)NC2CCc3ccccc32)c1.